The second-order valence-corrected chi connectivity index (χ2v) is 6.80. The number of halogens is 2. The first kappa shape index (κ1) is 15.3. The van der Waals surface area contributed by atoms with E-state index in [-0.39, 0.29) is 10.7 Å². The van der Waals surface area contributed by atoms with Gasteiger partial charge in [0.05, 0.1) is 0 Å². The van der Waals surface area contributed by atoms with Crippen LogP contribution in [0.4, 0.5) is 5.69 Å². The van der Waals surface area contributed by atoms with Crippen molar-refractivity contribution >= 4 is 43.5 Å². The number of para-hydroxylation sites is 1. The Morgan fingerprint density at radius 2 is 1.85 bits per heavy atom. The Bertz CT molecular complexity index is 638. The number of anilines is 1. The zero-order valence-electron chi connectivity index (χ0n) is 11.3. The molecule has 1 atom stereocenters. The van der Waals surface area contributed by atoms with Crippen LogP contribution < -0.4 is 5.32 Å². The number of carbonyl (C=O) groups is 1. The van der Waals surface area contributed by atoms with E-state index in [1.165, 1.54) is 0 Å². The molecule has 0 heterocycles. The van der Waals surface area contributed by atoms with Crippen LogP contribution in [0.15, 0.2) is 46.9 Å². The highest BCUT2D eigenvalue weighted by Gasteiger charge is 2.14. The van der Waals surface area contributed by atoms with Gasteiger partial charge in [0.15, 0.2) is 0 Å². The topological polar surface area (TPSA) is 29.1 Å². The van der Waals surface area contributed by atoms with Gasteiger partial charge in [0, 0.05) is 20.6 Å². The number of nitrogens with one attached hydrogen (secondary N) is 1. The Hall–Kier alpha value is -1.13. The van der Waals surface area contributed by atoms with Crippen molar-refractivity contribution in [1.82, 2.24) is 0 Å². The Kier molecular flexibility index (Phi) is 5.00. The zero-order chi connectivity index (χ0) is 14.7. The van der Waals surface area contributed by atoms with E-state index in [1.54, 1.807) is 0 Å². The van der Waals surface area contributed by atoms with Crippen LogP contribution in [0.25, 0.3) is 0 Å². The molecule has 0 aliphatic rings. The summed E-state index contributed by atoms with van der Waals surface area (Å²) in [5, 5.41) is 2.99. The molecule has 2 aromatic carbocycles. The summed E-state index contributed by atoms with van der Waals surface area (Å²) in [7, 11) is 0. The van der Waals surface area contributed by atoms with E-state index in [2.05, 4.69) is 37.2 Å². The second kappa shape index (κ2) is 6.55. The highest BCUT2D eigenvalue weighted by atomic mass is 79.9. The van der Waals surface area contributed by atoms with Crippen LogP contribution in [0.3, 0.4) is 0 Å². The maximum Gasteiger partial charge on any atom is 0.255 e. The predicted octanol–water partition coefficient (Wildman–Crippen LogP) is 5.47. The molecule has 1 unspecified atom stereocenters. The van der Waals surface area contributed by atoms with Crippen LogP contribution in [0.2, 0.25) is 0 Å². The number of alkyl halides is 1. The fourth-order valence-electron chi connectivity index (χ4n) is 2.00. The minimum Gasteiger partial charge on any atom is -0.322 e. The number of hydrogen-bond donors (Lipinski definition) is 1. The molecule has 2 rings (SSSR count). The number of carbonyl (C=O) groups excluding carboxylic acids is 1. The molecule has 0 bridgehead atoms. The number of hydrogen-bond acceptors (Lipinski definition) is 1. The van der Waals surface area contributed by atoms with Crippen LogP contribution in [0, 0.1) is 6.92 Å². The summed E-state index contributed by atoms with van der Waals surface area (Å²) in [6.07, 6.45) is 0. The summed E-state index contributed by atoms with van der Waals surface area (Å²) in [5.74, 6) is -0.0931. The first-order valence-electron chi connectivity index (χ1n) is 6.30. The average molecular weight is 397 g/mol. The van der Waals surface area contributed by atoms with Gasteiger partial charge in [0.1, 0.15) is 0 Å². The predicted molar refractivity (Wildman–Crippen MR) is 90.6 cm³/mol. The lowest BCUT2D eigenvalue weighted by Crippen LogP contribution is -2.14. The van der Waals surface area contributed by atoms with Gasteiger partial charge in [0.25, 0.3) is 5.91 Å². The third kappa shape index (κ3) is 3.30. The van der Waals surface area contributed by atoms with E-state index in [0.29, 0.717) is 5.56 Å². The van der Waals surface area contributed by atoms with E-state index in [4.69, 9.17) is 0 Å². The zero-order valence-corrected chi connectivity index (χ0v) is 14.5. The lowest BCUT2D eigenvalue weighted by Gasteiger charge is -2.14. The normalized spacial score (nSPS) is 12.0. The minimum atomic E-state index is -0.0931. The van der Waals surface area contributed by atoms with Crippen molar-refractivity contribution in [3.05, 3.63) is 63.6 Å². The molecular formula is C16H15Br2NO. The molecule has 104 valence electrons. The summed E-state index contributed by atoms with van der Waals surface area (Å²) < 4.78 is 0.937. The smallest absolute Gasteiger partial charge is 0.255 e. The summed E-state index contributed by atoms with van der Waals surface area (Å²) >= 11 is 7.00. The van der Waals surface area contributed by atoms with E-state index < -0.39 is 0 Å². The SMILES string of the molecule is Cc1c(Br)cccc1C(=O)Nc1ccccc1C(C)Br. The third-order valence-electron chi connectivity index (χ3n) is 3.15. The highest BCUT2D eigenvalue weighted by Crippen LogP contribution is 2.29. The van der Waals surface area contributed by atoms with Crippen molar-refractivity contribution in [2.45, 2.75) is 18.7 Å². The lowest BCUT2D eigenvalue weighted by molar-refractivity contribution is 0.102. The van der Waals surface area contributed by atoms with Crippen LogP contribution in [0.1, 0.15) is 33.2 Å². The number of rotatable bonds is 3. The molecule has 2 aromatic rings. The molecule has 0 fully saturated rings. The molecule has 1 amide bonds. The lowest BCUT2D eigenvalue weighted by atomic mass is 10.1. The minimum absolute atomic E-state index is 0.0931. The van der Waals surface area contributed by atoms with Crippen molar-refractivity contribution in [3.63, 3.8) is 0 Å². The average Bonchev–Trinajstić information content (AvgIpc) is 2.42. The molecular weight excluding hydrogens is 382 g/mol. The molecule has 20 heavy (non-hydrogen) atoms. The molecule has 1 N–H and O–H groups in total. The number of benzene rings is 2. The first-order valence-corrected chi connectivity index (χ1v) is 8.01. The van der Waals surface area contributed by atoms with Crippen LogP contribution in [0.5, 0.6) is 0 Å². The maximum absolute atomic E-state index is 12.4. The van der Waals surface area contributed by atoms with Crippen LogP contribution in [-0.4, -0.2) is 5.91 Å². The third-order valence-corrected chi connectivity index (χ3v) is 4.50. The van der Waals surface area contributed by atoms with E-state index >= 15 is 0 Å². The van der Waals surface area contributed by atoms with Gasteiger partial charge in [-0.05, 0) is 43.2 Å². The Labute approximate surface area is 135 Å². The van der Waals surface area contributed by atoms with Crippen molar-refractivity contribution < 1.29 is 4.79 Å². The molecule has 4 heteroatoms. The van der Waals surface area contributed by atoms with Gasteiger partial charge < -0.3 is 5.32 Å². The summed E-state index contributed by atoms with van der Waals surface area (Å²) in [6.45, 7) is 3.97. The standard InChI is InChI=1S/C16H15Br2NO/c1-10-12(7-5-8-14(10)18)16(20)19-15-9-4-3-6-13(15)11(2)17/h3-9,11H,1-2H3,(H,19,20). The summed E-state index contributed by atoms with van der Waals surface area (Å²) in [4.78, 5) is 12.6. The molecule has 0 spiro atoms. The van der Waals surface area contributed by atoms with Crippen LogP contribution in [-0.2, 0) is 0 Å². The second-order valence-electron chi connectivity index (χ2n) is 4.57. The molecule has 0 radical (unpaired) electrons. The van der Waals surface area contributed by atoms with Gasteiger partial charge in [-0.2, -0.15) is 0 Å². The van der Waals surface area contributed by atoms with E-state index in [0.717, 1.165) is 21.3 Å². The fourth-order valence-corrected chi connectivity index (χ4v) is 2.77. The van der Waals surface area contributed by atoms with Crippen molar-refractivity contribution in [2.24, 2.45) is 0 Å². The largest absolute Gasteiger partial charge is 0.322 e. The molecule has 2 nitrogen and oxygen atoms in total. The van der Waals surface area contributed by atoms with E-state index in [1.807, 2.05) is 56.3 Å². The fraction of sp³-hybridized carbons (Fsp3) is 0.188. The monoisotopic (exact) mass is 395 g/mol. The van der Waals surface area contributed by atoms with Gasteiger partial charge in [-0.25, -0.2) is 0 Å². The van der Waals surface area contributed by atoms with Gasteiger partial charge in [0.2, 0.25) is 0 Å². The van der Waals surface area contributed by atoms with Crippen molar-refractivity contribution in [3.8, 4) is 0 Å². The van der Waals surface area contributed by atoms with Crippen molar-refractivity contribution in [1.29, 1.82) is 0 Å². The summed E-state index contributed by atoms with van der Waals surface area (Å²) in [6, 6.07) is 13.4. The molecule has 0 saturated heterocycles. The molecule has 0 aliphatic heterocycles. The van der Waals surface area contributed by atoms with Gasteiger partial charge >= 0.3 is 0 Å². The molecule has 0 aromatic heterocycles. The van der Waals surface area contributed by atoms with E-state index in [9.17, 15) is 4.79 Å². The van der Waals surface area contributed by atoms with Gasteiger partial charge in [-0.1, -0.05) is 56.1 Å². The summed E-state index contributed by atoms with van der Waals surface area (Å²) in [5.41, 5.74) is 3.51. The number of amides is 1. The quantitative estimate of drug-likeness (QED) is 0.685. The molecule has 0 aliphatic carbocycles. The Morgan fingerprint density at radius 1 is 1.15 bits per heavy atom. The highest BCUT2D eigenvalue weighted by molar-refractivity contribution is 9.10. The van der Waals surface area contributed by atoms with Gasteiger partial charge in [-0.3, -0.25) is 4.79 Å². The Balaban J connectivity index is 2.31. The first-order chi connectivity index (χ1) is 9.50. The maximum atomic E-state index is 12.4. The van der Waals surface area contributed by atoms with Gasteiger partial charge in [-0.15, -0.1) is 0 Å². The van der Waals surface area contributed by atoms with Crippen molar-refractivity contribution in [2.75, 3.05) is 5.32 Å². The van der Waals surface area contributed by atoms with Crippen LogP contribution >= 0.6 is 31.9 Å². The Morgan fingerprint density at radius 3 is 2.55 bits per heavy atom. The molecule has 0 saturated carbocycles.